The zero-order valence-corrected chi connectivity index (χ0v) is 15.6. The van der Waals surface area contributed by atoms with Gasteiger partial charge in [-0.05, 0) is 52.5 Å². The molecule has 0 bridgehead atoms. The van der Waals surface area contributed by atoms with Crippen LogP contribution in [0.4, 0.5) is 0 Å². The topological polar surface area (TPSA) is 33.5 Å². The molecule has 0 aliphatic heterocycles. The van der Waals surface area contributed by atoms with Crippen LogP contribution in [0.5, 0.6) is 5.88 Å². The third-order valence-electron chi connectivity index (χ3n) is 3.62. The molecular formula is C18H34N4O. The fourth-order valence-electron chi connectivity index (χ4n) is 2.45. The minimum atomic E-state index is 0.679. The van der Waals surface area contributed by atoms with Crippen molar-refractivity contribution in [3.05, 3.63) is 17.8 Å². The summed E-state index contributed by atoms with van der Waals surface area (Å²) in [5.41, 5.74) is 0.963. The third kappa shape index (κ3) is 8.18. The number of rotatable bonds is 12. The zero-order chi connectivity index (χ0) is 17.1. The van der Waals surface area contributed by atoms with Gasteiger partial charge in [0.15, 0.2) is 0 Å². The van der Waals surface area contributed by atoms with Gasteiger partial charge in [-0.2, -0.15) is 5.10 Å². The lowest BCUT2D eigenvalue weighted by molar-refractivity contribution is 0.244. The number of hydrogen-bond acceptors (Lipinski definition) is 4. The molecule has 1 rings (SSSR count). The van der Waals surface area contributed by atoms with E-state index >= 15 is 0 Å². The summed E-state index contributed by atoms with van der Waals surface area (Å²) in [4.78, 5) is 4.63. The molecule has 5 heteroatoms. The van der Waals surface area contributed by atoms with E-state index in [1.54, 1.807) is 4.68 Å². The molecule has 0 amide bonds. The molecule has 0 unspecified atom stereocenters. The number of aryl methyl sites for hydroxylation is 1. The van der Waals surface area contributed by atoms with Crippen molar-refractivity contribution in [2.45, 2.75) is 33.1 Å². The van der Waals surface area contributed by atoms with E-state index in [0.717, 1.165) is 31.1 Å². The molecule has 1 aromatic rings. The van der Waals surface area contributed by atoms with Gasteiger partial charge in [0.25, 0.3) is 0 Å². The summed E-state index contributed by atoms with van der Waals surface area (Å²) in [5.74, 6) is 0.824. The number of hydrogen-bond donors (Lipinski definition) is 0. The maximum Gasteiger partial charge on any atom is 0.212 e. The predicted molar refractivity (Wildman–Crippen MR) is 97.9 cm³/mol. The SMILES string of the molecule is CCCN(CCC)CC/C=C\c1cc(OCCN(C)C)n(C)n1. The van der Waals surface area contributed by atoms with Gasteiger partial charge in [0.2, 0.25) is 5.88 Å². The lowest BCUT2D eigenvalue weighted by Crippen LogP contribution is -2.26. The van der Waals surface area contributed by atoms with Crippen LogP contribution < -0.4 is 4.74 Å². The molecule has 0 saturated carbocycles. The van der Waals surface area contributed by atoms with E-state index < -0.39 is 0 Å². The van der Waals surface area contributed by atoms with Crippen LogP contribution in [0.3, 0.4) is 0 Å². The highest BCUT2D eigenvalue weighted by Gasteiger charge is 2.04. The molecule has 0 radical (unpaired) electrons. The van der Waals surface area contributed by atoms with Gasteiger partial charge in [0, 0.05) is 26.2 Å². The lowest BCUT2D eigenvalue weighted by Gasteiger charge is -2.19. The first-order valence-electron chi connectivity index (χ1n) is 8.77. The van der Waals surface area contributed by atoms with Crippen LogP contribution >= 0.6 is 0 Å². The van der Waals surface area contributed by atoms with Crippen LogP contribution in [0.15, 0.2) is 12.1 Å². The summed E-state index contributed by atoms with van der Waals surface area (Å²) in [5, 5.41) is 4.48. The zero-order valence-electron chi connectivity index (χ0n) is 15.6. The van der Waals surface area contributed by atoms with E-state index in [4.69, 9.17) is 4.74 Å². The van der Waals surface area contributed by atoms with E-state index in [1.165, 1.54) is 25.9 Å². The Labute approximate surface area is 141 Å². The lowest BCUT2D eigenvalue weighted by atomic mass is 10.3. The predicted octanol–water partition coefficient (Wildman–Crippen LogP) is 2.89. The van der Waals surface area contributed by atoms with E-state index in [0.29, 0.717) is 6.61 Å². The highest BCUT2D eigenvalue weighted by atomic mass is 16.5. The molecular weight excluding hydrogens is 288 g/mol. The van der Waals surface area contributed by atoms with Crippen molar-refractivity contribution in [2.24, 2.45) is 7.05 Å². The maximum atomic E-state index is 5.75. The van der Waals surface area contributed by atoms with Crippen molar-refractivity contribution in [3.8, 4) is 5.88 Å². The minimum Gasteiger partial charge on any atom is -0.476 e. The Morgan fingerprint density at radius 1 is 1.13 bits per heavy atom. The molecule has 5 nitrogen and oxygen atoms in total. The van der Waals surface area contributed by atoms with Gasteiger partial charge < -0.3 is 14.5 Å². The minimum absolute atomic E-state index is 0.679. The molecule has 0 fully saturated rings. The fraction of sp³-hybridized carbons (Fsp3) is 0.722. The number of aromatic nitrogens is 2. The molecule has 1 aromatic heterocycles. The Morgan fingerprint density at radius 2 is 1.83 bits per heavy atom. The van der Waals surface area contributed by atoms with Gasteiger partial charge >= 0.3 is 0 Å². The average Bonchev–Trinajstić information content (AvgIpc) is 2.84. The first kappa shape index (κ1) is 19.7. The van der Waals surface area contributed by atoms with E-state index in [2.05, 4.69) is 40.9 Å². The third-order valence-corrected chi connectivity index (χ3v) is 3.62. The van der Waals surface area contributed by atoms with Gasteiger partial charge in [0.05, 0.1) is 5.69 Å². The molecule has 0 aliphatic rings. The Bertz CT molecular complexity index is 448. The second-order valence-electron chi connectivity index (χ2n) is 6.22. The summed E-state index contributed by atoms with van der Waals surface area (Å²) >= 11 is 0. The summed E-state index contributed by atoms with van der Waals surface area (Å²) < 4.78 is 7.55. The standard InChI is InChI=1S/C18H34N4O/c1-6-11-22(12-7-2)13-9-8-10-17-16-18(21(5)19-17)23-15-14-20(3)4/h8,10,16H,6-7,9,11-15H2,1-5H3/b10-8-. The maximum absolute atomic E-state index is 5.75. The molecule has 0 atom stereocenters. The molecule has 1 heterocycles. The van der Waals surface area contributed by atoms with E-state index in [9.17, 15) is 0 Å². The highest BCUT2D eigenvalue weighted by Crippen LogP contribution is 2.13. The molecule has 0 aromatic carbocycles. The Morgan fingerprint density at radius 3 is 2.43 bits per heavy atom. The van der Waals surface area contributed by atoms with Gasteiger partial charge in [-0.1, -0.05) is 19.9 Å². The largest absolute Gasteiger partial charge is 0.476 e. The highest BCUT2D eigenvalue weighted by molar-refractivity contribution is 5.45. The second-order valence-corrected chi connectivity index (χ2v) is 6.22. The smallest absolute Gasteiger partial charge is 0.212 e. The van der Waals surface area contributed by atoms with Crippen LogP contribution in [0.1, 0.15) is 38.8 Å². The molecule has 0 aliphatic carbocycles. The summed E-state index contributed by atoms with van der Waals surface area (Å²) in [6.07, 6.45) is 7.81. The first-order valence-corrected chi connectivity index (χ1v) is 8.77. The number of likely N-dealkylation sites (N-methyl/N-ethyl adjacent to an activating group) is 1. The summed E-state index contributed by atoms with van der Waals surface area (Å²) in [6, 6.07) is 2.00. The van der Waals surface area contributed by atoms with Crippen LogP contribution in [-0.2, 0) is 7.05 Å². The van der Waals surface area contributed by atoms with Crippen molar-refractivity contribution >= 4 is 6.08 Å². The summed E-state index contributed by atoms with van der Waals surface area (Å²) in [6.45, 7) is 9.57. The van der Waals surface area contributed by atoms with E-state index in [1.807, 2.05) is 27.2 Å². The van der Waals surface area contributed by atoms with Crippen molar-refractivity contribution in [3.63, 3.8) is 0 Å². The van der Waals surface area contributed by atoms with Crippen molar-refractivity contribution in [1.29, 1.82) is 0 Å². The van der Waals surface area contributed by atoms with Crippen LogP contribution in [-0.4, -0.2) is 66.5 Å². The fourth-order valence-corrected chi connectivity index (χ4v) is 2.45. The van der Waals surface area contributed by atoms with Crippen LogP contribution in [0.2, 0.25) is 0 Å². The molecule has 0 saturated heterocycles. The first-order chi connectivity index (χ1) is 11.1. The van der Waals surface area contributed by atoms with Gasteiger partial charge in [-0.15, -0.1) is 0 Å². The second kappa shape index (κ2) is 11.2. The van der Waals surface area contributed by atoms with Crippen LogP contribution in [0, 0.1) is 0 Å². The van der Waals surface area contributed by atoms with Crippen LogP contribution in [0.25, 0.3) is 6.08 Å². The number of nitrogens with zero attached hydrogens (tertiary/aromatic N) is 4. The van der Waals surface area contributed by atoms with Crippen molar-refractivity contribution in [1.82, 2.24) is 19.6 Å². The molecule has 0 spiro atoms. The van der Waals surface area contributed by atoms with Gasteiger partial charge in [-0.3, -0.25) is 0 Å². The van der Waals surface area contributed by atoms with Gasteiger partial charge in [-0.25, -0.2) is 4.68 Å². The van der Waals surface area contributed by atoms with Gasteiger partial charge in [0.1, 0.15) is 6.61 Å². The Hall–Kier alpha value is -1.33. The van der Waals surface area contributed by atoms with E-state index in [-0.39, 0.29) is 0 Å². The van der Waals surface area contributed by atoms with Crippen molar-refractivity contribution < 1.29 is 4.74 Å². The Kier molecular flexibility index (Phi) is 9.64. The summed E-state index contributed by atoms with van der Waals surface area (Å²) in [7, 11) is 6.01. The van der Waals surface area contributed by atoms with Crippen molar-refractivity contribution in [2.75, 3.05) is 46.9 Å². The monoisotopic (exact) mass is 322 g/mol. The number of ether oxygens (including phenoxy) is 1. The Balaban J connectivity index is 2.41. The molecule has 0 N–H and O–H groups in total. The normalized spacial score (nSPS) is 12.0. The quantitative estimate of drug-likeness (QED) is 0.592. The average molecular weight is 322 g/mol. The molecule has 132 valence electrons. The molecule has 23 heavy (non-hydrogen) atoms.